The highest BCUT2D eigenvalue weighted by Crippen LogP contribution is 2.32. The van der Waals surface area contributed by atoms with Crippen molar-refractivity contribution in [3.63, 3.8) is 0 Å². The lowest BCUT2D eigenvalue weighted by Crippen LogP contribution is -2.06. The minimum Gasteiger partial charge on any atom is -0.353 e. The smallest absolute Gasteiger partial charge is 0.353 e. The minimum atomic E-state index is -4.55. The van der Waals surface area contributed by atoms with E-state index in [2.05, 4.69) is 5.32 Å². The van der Waals surface area contributed by atoms with Crippen LogP contribution >= 0.6 is 0 Å². The number of nitrogens with two attached hydrogens (primary N) is 1. The van der Waals surface area contributed by atoms with Crippen molar-refractivity contribution < 1.29 is 17.6 Å². The summed E-state index contributed by atoms with van der Waals surface area (Å²) < 4.78 is 50.9. The molecule has 2 nitrogen and oxygen atoms in total. The Morgan fingerprint density at radius 3 is 2.15 bits per heavy atom. The van der Waals surface area contributed by atoms with E-state index in [-0.39, 0.29) is 5.69 Å². The third-order valence-corrected chi connectivity index (χ3v) is 2.77. The zero-order valence-electron chi connectivity index (χ0n) is 10.3. The molecule has 0 bridgehead atoms. The van der Waals surface area contributed by atoms with Crippen LogP contribution in [0.25, 0.3) is 0 Å². The van der Waals surface area contributed by atoms with E-state index in [4.69, 9.17) is 5.73 Å². The SMILES string of the molecule is NCc1ccc(Nc2ccc(C(F)(F)F)cc2F)cc1. The van der Waals surface area contributed by atoms with E-state index in [9.17, 15) is 17.6 Å². The molecule has 106 valence electrons. The second-order valence-corrected chi connectivity index (χ2v) is 4.22. The summed E-state index contributed by atoms with van der Waals surface area (Å²) in [5.41, 5.74) is 5.89. The first-order chi connectivity index (χ1) is 9.40. The molecule has 0 aromatic heterocycles. The van der Waals surface area contributed by atoms with Crippen LogP contribution in [-0.4, -0.2) is 0 Å². The van der Waals surface area contributed by atoms with Gasteiger partial charge in [0.2, 0.25) is 0 Å². The maximum Gasteiger partial charge on any atom is 0.416 e. The van der Waals surface area contributed by atoms with Gasteiger partial charge < -0.3 is 11.1 Å². The predicted octanol–water partition coefficient (Wildman–Crippen LogP) is 4.05. The Hall–Kier alpha value is -2.08. The van der Waals surface area contributed by atoms with Crippen LogP contribution < -0.4 is 11.1 Å². The summed E-state index contributed by atoms with van der Waals surface area (Å²) in [6.45, 7) is 0.384. The van der Waals surface area contributed by atoms with E-state index in [1.165, 1.54) is 0 Å². The average Bonchev–Trinajstić information content (AvgIpc) is 2.41. The fourth-order valence-corrected chi connectivity index (χ4v) is 1.67. The van der Waals surface area contributed by atoms with Gasteiger partial charge in [0.25, 0.3) is 0 Å². The lowest BCUT2D eigenvalue weighted by molar-refractivity contribution is -0.137. The van der Waals surface area contributed by atoms with Gasteiger partial charge in [-0.25, -0.2) is 4.39 Å². The summed E-state index contributed by atoms with van der Waals surface area (Å²) in [5.74, 6) is -0.956. The fraction of sp³-hybridized carbons (Fsp3) is 0.143. The van der Waals surface area contributed by atoms with Crippen molar-refractivity contribution in [1.29, 1.82) is 0 Å². The zero-order valence-corrected chi connectivity index (χ0v) is 10.3. The first-order valence-electron chi connectivity index (χ1n) is 5.83. The first-order valence-corrected chi connectivity index (χ1v) is 5.83. The van der Waals surface area contributed by atoms with Gasteiger partial charge in [0.15, 0.2) is 0 Å². The predicted molar refractivity (Wildman–Crippen MR) is 69.0 cm³/mol. The van der Waals surface area contributed by atoms with Gasteiger partial charge in [0.1, 0.15) is 5.82 Å². The number of hydrogen-bond acceptors (Lipinski definition) is 2. The van der Waals surface area contributed by atoms with Gasteiger partial charge in [0.05, 0.1) is 11.3 Å². The normalized spacial score (nSPS) is 11.4. The summed E-state index contributed by atoms with van der Waals surface area (Å²) in [5, 5.41) is 2.72. The van der Waals surface area contributed by atoms with E-state index < -0.39 is 17.6 Å². The van der Waals surface area contributed by atoms with Gasteiger partial charge >= 0.3 is 6.18 Å². The van der Waals surface area contributed by atoms with Gasteiger partial charge in [0, 0.05) is 12.2 Å². The summed E-state index contributed by atoms with van der Waals surface area (Å²) in [4.78, 5) is 0. The molecule has 20 heavy (non-hydrogen) atoms. The van der Waals surface area contributed by atoms with Gasteiger partial charge in [-0.3, -0.25) is 0 Å². The van der Waals surface area contributed by atoms with Crippen molar-refractivity contribution in [1.82, 2.24) is 0 Å². The third-order valence-electron chi connectivity index (χ3n) is 2.77. The Bertz CT molecular complexity index is 591. The average molecular weight is 284 g/mol. The van der Waals surface area contributed by atoms with E-state index in [1.54, 1.807) is 24.3 Å². The number of nitrogens with one attached hydrogen (secondary N) is 1. The summed E-state index contributed by atoms with van der Waals surface area (Å²) in [6, 6.07) is 9.23. The van der Waals surface area contributed by atoms with E-state index >= 15 is 0 Å². The molecule has 0 heterocycles. The number of halogens is 4. The molecular weight excluding hydrogens is 272 g/mol. The molecule has 0 amide bonds. The maximum atomic E-state index is 13.6. The highest BCUT2D eigenvalue weighted by atomic mass is 19.4. The number of alkyl halides is 3. The van der Waals surface area contributed by atoms with Crippen molar-refractivity contribution >= 4 is 11.4 Å². The van der Waals surface area contributed by atoms with Crippen molar-refractivity contribution in [2.45, 2.75) is 12.7 Å². The summed E-state index contributed by atoms with van der Waals surface area (Å²) in [6.07, 6.45) is -4.55. The fourth-order valence-electron chi connectivity index (χ4n) is 1.67. The van der Waals surface area contributed by atoms with E-state index in [0.29, 0.717) is 18.3 Å². The molecule has 3 N–H and O–H groups in total. The Morgan fingerprint density at radius 1 is 1.00 bits per heavy atom. The largest absolute Gasteiger partial charge is 0.416 e. The molecule has 2 aromatic carbocycles. The standard InChI is InChI=1S/C14H12F4N2/c15-12-7-10(14(16,17)18)3-6-13(12)20-11-4-1-9(8-19)2-5-11/h1-7,20H,8,19H2. The number of rotatable bonds is 3. The maximum absolute atomic E-state index is 13.6. The van der Waals surface area contributed by atoms with Crippen LogP contribution in [0.15, 0.2) is 42.5 Å². The Morgan fingerprint density at radius 2 is 1.65 bits per heavy atom. The number of benzene rings is 2. The lowest BCUT2D eigenvalue weighted by Gasteiger charge is -2.11. The Kier molecular flexibility index (Phi) is 3.94. The van der Waals surface area contributed by atoms with Crippen LogP contribution in [-0.2, 0) is 12.7 Å². The summed E-state index contributed by atoms with van der Waals surface area (Å²) in [7, 11) is 0. The van der Waals surface area contributed by atoms with Crippen LogP contribution in [0.5, 0.6) is 0 Å². The molecule has 6 heteroatoms. The van der Waals surface area contributed by atoms with Crippen molar-refractivity contribution in [3.05, 3.63) is 59.4 Å². The molecule has 2 aromatic rings. The van der Waals surface area contributed by atoms with Gasteiger partial charge in [-0.1, -0.05) is 12.1 Å². The van der Waals surface area contributed by atoms with Gasteiger partial charge in [-0.15, -0.1) is 0 Å². The topological polar surface area (TPSA) is 38.0 Å². The Labute approximate surface area is 113 Å². The van der Waals surface area contributed by atoms with Gasteiger partial charge in [-0.05, 0) is 35.9 Å². The third kappa shape index (κ3) is 3.27. The van der Waals surface area contributed by atoms with Gasteiger partial charge in [-0.2, -0.15) is 13.2 Å². The van der Waals surface area contributed by atoms with E-state index in [0.717, 1.165) is 17.7 Å². The molecule has 0 saturated heterocycles. The van der Waals surface area contributed by atoms with Crippen molar-refractivity contribution in [2.75, 3.05) is 5.32 Å². The molecule has 0 radical (unpaired) electrons. The Balaban J connectivity index is 2.21. The number of hydrogen-bond donors (Lipinski definition) is 2. The second-order valence-electron chi connectivity index (χ2n) is 4.22. The molecule has 0 fully saturated rings. The minimum absolute atomic E-state index is 0.0153. The second kappa shape index (κ2) is 5.50. The molecule has 0 atom stereocenters. The van der Waals surface area contributed by atoms with E-state index in [1.807, 2.05) is 0 Å². The van der Waals surface area contributed by atoms with Crippen LogP contribution in [0.3, 0.4) is 0 Å². The van der Waals surface area contributed by atoms with Crippen LogP contribution in [0.4, 0.5) is 28.9 Å². The van der Waals surface area contributed by atoms with Crippen LogP contribution in [0, 0.1) is 5.82 Å². The molecule has 0 unspecified atom stereocenters. The molecule has 0 saturated carbocycles. The molecular formula is C14H12F4N2. The highest BCUT2D eigenvalue weighted by Gasteiger charge is 2.31. The van der Waals surface area contributed by atoms with Crippen molar-refractivity contribution in [3.8, 4) is 0 Å². The van der Waals surface area contributed by atoms with Crippen LogP contribution in [0.1, 0.15) is 11.1 Å². The molecule has 0 aliphatic heterocycles. The lowest BCUT2D eigenvalue weighted by atomic mass is 10.1. The monoisotopic (exact) mass is 284 g/mol. The molecule has 0 aliphatic carbocycles. The van der Waals surface area contributed by atoms with Crippen LogP contribution in [0.2, 0.25) is 0 Å². The number of anilines is 2. The molecule has 2 rings (SSSR count). The molecule has 0 aliphatic rings. The van der Waals surface area contributed by atoms with Crippen molar-refractivity contribution in [2.24, 2.45) is 5.73 Å². The summed E-state index contributed by atoms with van der Waals surface area (Å²) >= 11 is 0. The zero-order chi connectivity index (χ0) is 14.8. The first kappa shape index (κ1) is 14.3. The highest BCUT2D eigenvalue weighted by molar-refractivity contribution is 5.60. The quantitative estimate of drug-likeness (QED) is 0.834. The molecule has 0 spiro atoms.